The van der Waals surface area contributed by atoms with Gasteiger partial charge in [0, 0.05) is 28.6 Å². The summed E-state index contributed by atoms with van der Waals surface area (Å²) in [5.41, 5.74) is 1.83. The average molecular weight is 494 g/mol. The van der Waals surface area contributed by atoms with E-state index in [-0.39, 0.29) is 18.0 Å². The summed E-state index contributed by atoms with van der Waals surface area (Å²) in [5.74, 6) is -0.547. The van der Waals surface area contributed by atoms with Crippen molar-refractivity contribution in [1.82, 2.24) is 10.3 Å². The predicted octanol–water partition coefficient (Wildman–Crippen LogP) is 7.51. The standard InChI is InChI=1S/C20H14Cl3F3N2OS/c21-12-4-2-11(3-5-12)17-16(14-7-6-13(22)10-15(14)23)28-19(30-17)18(29)27-9-1-8-20(24,25)26/h2-7,10H,1,8-9H2,(H,27,29). The van der Waals surface area contributed by atoms with Crippen molar-refractivity contribution in [3.63, 3.8) is 0 Å². The number of carbonyl (C=O) groups excluding carboxylic acids is 1. The predicted molar refractivity (Wildman–Crippen MR) is 116 cm³/mol. The van der Waals surface area contributed by atoms with Gasteiger partial charge in [-0.25, -0.2) is 4.98 Å². The molecule has 30 heavy (non-hydrogen) atoms. The molecule has 0 radical (unpaired) electrons. The van der Waals surface area contributed by atoms with Gasteiger partial charge in [-0.05, 0) is 42.3 Å². The summed E-state index contributed by atoms with van der Waals surface area (Å²) >= 11 is 19.4. The van der Waals surface area contributed by atoms with Crippen LogP contribution in [0.15, 0.2) is 42.5 Å². The molecule has 0 aliphatic carbocycles. The number of hydrogen-bond donors (Lipinski definition) is 1. The minimum absolute atomic E-state index is 0.106. The minimum Gasteiger partial charge on any atom is -0.350 e. The monoisotopic (exact) mass is 492 g/mol. The van der Waals surface area contributed by atoms with Crippen molar-refractivity contribution in [1.29, 1.82) is 0 Å². The molecule has 0 bridgehead atoms. The van der Waals surface area contributed by atoms with E-state index in [2.05, 4.69) is 10.3 Å². The van der Waals surface area contributed by atoms with Crippen LogP contribution in [-0.4, -0.2) is 23.6 Å². The molecule has 0 atom stereocenters. The summed E-state index contributed by atoms with van der Waals surface area (Å²) in [7, 11) is 0. The molecule has 3 nitrogen and oxygen atoms in total. The molecule has 0 saturated carbocycles. The number of amides is 1. The van der Waals surface area contributed by atoms with Gasteiger partial charge in [0.25, 0.3) is 5.91 Å². The third-order valence-corrected chi connectivity index (χ3v) is 5.94. The molecule has 0 aliphatic heterocycles. The second-order valence-electron chi connectivity index (χ2n) is 6.30. The number of halogens is 6. The summed E-state index contributed by atoms with van der Waals surface area (Å²) in [6.45, 7) is -0.106. The van der Waals surface area contributed by atoms with Crippen molar-refractivity contribution in [2.75, 3.05) is 6.54 Å². The van der Waals surface area contributed by atoms with E-state index in [9.17, 15) is 18.0 Å². The number of benzene rings is 2. The van der Waals surface area contributed by atoms with Crippen molar-refractivity contribution >= 4 is 52.0 Å². The largest absolute Gasteiger partial charge is 0.389 e. The van der Waals surface area contributed by atoms with Gasteiger partial charge in [0.05, 0.1) is 15.6 Å². The lowest BCUT2D eigenvalue weighted by Crippen LogP contribution is -2.25. The number of nitrogens with one attached hydrogen (secondary N) is 1. The first kappa shape index (κ1) is 22.9. The summed E-state index contributed by atoms with van der Waals surface area (Å²) in [5, 5.41) is 3.97. The van der Waals surface area contributed by atoms with Crippen LogP contribution in [0, 0.1) is 0 Å². The van der Waals surface area contributed by atoms with Gasteiger partial charge in [-0.3, -0.25) is 4.79 Å². The van der Waals surface area contributed by atoms with E-state index in [1.165, 1.54) is 0 Å². The molecular formula is C20H14Cl3F3N2OS. The third-order valence-electron chi connectivity index (χ3n) is 4.04. The number of thiazole rings is 1. The molecule has 1 heterocycles. The molecular weight excluding hydrogens is 480 g/mol. The van der Waals surface area contributed by atoms with Crippen molar-refractivity contribution in [3.8, 4) is 21.7 Å². The van der Waals surface area contributed by atoms with Gasteiger partial charge in [-0.1, -0.05) is 46.9 Å². The van der Waals surface area contributed by atoms with Crippen LogP contribution in [-0.2, 0) is 0 Å². The Balaban J connectivity index is 1.92. The maximum atomic E-state index is 12.5. The van der Waals surface area contributed by atoms with Crippen molar-refractivity contribution < 1.29 is 18.0 Å². The molecule has 0 saturated heterocycles. The molecule has 0 unspecified atom stereocenters. The molecule has 3 aromatic rings. The Morgan fingerprint density at radius 2 is 1.70 bits per heavy atom. The highest BCUT2D eigenvalue weighted by Gasteiger charge is 2.26. The van der Waals surface area contributed by atoms with Crippen LogP contribution in [0.25, 0.3) is 21.7 Å². The summed E-state index contributed by atoms with van der Waals surface area (Å²) in [4.78, 5) is 17.6. The molecule has 0 fully saturated rings. The fourth-order valence-electron chi connectivity index (χ4n) is 2.64. The second kappa shape index (κ2) is 9.56. The highest BCUT2D eigenvalue weighted by atomic mass is 35.5. The molecule has 2 aromatic carbocycles. The van der Waals surface area contributed by atoms with Gasteiger partial charge < -0.3 is 5.32 Å². The van der Waals surface area contributed by atoms with E-state index in [4.69, 9.17) is 34.8 Å². The van der Waals surface area contributed by atoms with Crippen LogP contribution < -0.4 is 5.32 Å². The van der Waals surface area contributed by atoms with E-state index in [1.54, 1.807) is 42.5 Å². The van der Waals surface area contributed by atoms with Gasteiger partial charge >= 0.3 is 6.18 Å². The molecule has 0 aliphatic rings. The highest BCUT2D eigenvalue weighted by molar-refractivity contribution is 7.17. The minimum atomic E-state index is -4.26. The molecule has 1 aromatic heterocycles. The van der Waals surface area contributed by atoms with E-state index < -0.39 is 18.5 Å². The summed E-state index contributed by atoms with van der Waals surface area (Å²) in [6.07, 6.45) is -5.43. The first-order valence-corrected chi connectivity index (χ1v) is 10.7. The molecule has 0 spiro atoms. The number of hydrogen-bond acceptors (Lipinski definition) is 3. The van der Waals surface area contributed by atoms with Crippen LogP contribution in [0.4, 0.5) is 13.2 Å². The lowest BCUT2D eigenvalue weighted by Gasteiger charge is -2.06. The number of nitrogens with zero attached hydrogens (tertiary/aromatic N) is 1. The Morgan fingerprint density at radius 3 is 2.33 bits per heavy atom. The zero-order valence-electron chi connectivity index (χ0n) is 15.2. The molecule has 10 heteroatoms. The van der Waals surface area contributed by atoms with Crippen LogP contribution in [0.5, 0.6) is 0 Å². The van der Waals surface area contributed by atoms with Crippen LogP contribution in [0.3, 0.4) is 0 Å². The summed E-state index contributed by atoms with van der Waals surface area (Å²) < 4.78 is 36.8. The van der Waals surface area contributed by atoms with Crippen LogP contribution >= 0.6 is 46.1 Å². The maximum absolute atomic E-state index is 12.5. The number of carbonyl (C=O) groups is 1. The fraction of sp³-hybridized carbons (Fsp3) is 0.200. The summed E-state index contributed by atoms with van der Waals surface area (Å²) in [6, 6.07) is 11.9. The lowest BCUT2D eigenvalue weighted by atomic mass is 10.1. The highest BCUT2D eigenvalue weighted by Crippen LogP contribution is 2.40. The van der Waals surface area contributed by atoms with Gasteiger partial charge in [0.1, 0.15) is 0 Å². The fourth-order valence-corrected chi connectivity index (χ4v) is 4.27. The SMILES string of the molecule is O=C(NCCCC(F)(F)F)c1nc(-c2ccc(Cl)cc2Cl)c(-c2ccc(Cl)cc2)s1. The second-order valence-corrected chi connectivity index (χ2v) is 8.58. The zero-order chi connectivity index (χ0) is 21.9. The zero-order valence-corrected chi connectivity index (χ0v) is 18.3. The van der Waals surface area contributed by atoms with E-state index in [0.29, 0.717) is 31.2 Å². The van der Waals surface area contributed by atoms with Crippen molar-refractivity contribution in [2.24, 2.45) is 0 Å². The van der Waals surface area contributed by atoms with Crippen molar-refractivity contribution in [3.05, 3.63) is 62.5 Å². The molecule has 3 rings (SSSR count). The van der Waals surface area contributed by atoms with Crippen LogP contribution in [0.2, 0.25) is 15.1 Å². The smallest absolute Gasteiger partial charge is 0.350 e. The van der Waals surface area contributed by atoms with Gasteiger partial charge in [0.15, 0.2) is 5.01 Å². The Morgan fingerprint density at radius 1 is 1.03 bits per heavy atom. The van der Waals surface area contributed by atoms with Crippen molar-refractivity contribution in [2.45, 2.75) is 19.0 Å². The first-order chi connectivity index (χ1) is 14.1. The van der Waals surface area contributed by atoms with Crippen LogP contribution in [0.1, 0.15) is 22.6 Å². The Bertz CT molecular complexity index is 1050. The maximum Gasteiger partial charge on any atom is 0.389 e. The lowest BCUT2D eigenvalue weighted by molar-refractivity contribution is -0.135. The normalized spacial score (nSPS) is 11.5. The Labute approximate surface area is 189 Å². The van der Waals surface area contributed by atoms with E-state index >= 15 is 0 Å². The Hall–Kier alpha value is -1.80. The third kappa shape index (κ3) is 5.88. The first-order valence-electron chi connectivity index (χ1n) is 8.71. The number of rotatable bonds is 6. The average Bonchev–Trinajstić information content (AvgIpc) is 3.10. The molecule has 1 N–H and O–H groups in total. The topological polar surface area (TPSA) is 42.0 Å². The number of alkyl halides is 3. The quantitative estimate of drug-likeness (QED) is 0.361. The molecule has 158 valence electrons. The van der Waals surface area contributed by atoms with Gasteiger partial charge in [-0.2, -0.15) is 13.2 Å². The van der Waals surface area contributed by atoms with Gasteiger partial charge in [-0.15, -0.1) is 11.3 Å². The van der Waals surface area contributed by atoms with E-state index in [0.717, 1.165) is 16.9 Å². The number of aromatic nitrogens is 1. The molecule has 1 amide bonds. The Kier molecular flexibility index (Phi) is 7.29. The van der Waals surface area contributed by atoms with E-state index in [1.807, 2.05) is 0 Å². The van der Waals surface area contributed by atoms with Gasteiger partial charge in [0.2, 0.25) is 0 Å².